The summed E-state index contributed by atoms with van der Waals surface area (Å²) in [5.41, 5.74) is 4.91. The van der Waals surface area contributed by atoms with Gasteiger partial charge in [-0.15, -0.1) is 0 Å². The number of ether oxygens (including phenoxy) is 1. The number of hydrogen-bond donors (Lipinski definition) is 2. The molecule has 1 aromatic carbocycles. The second-order valence-electron chi connectivity index (χ2n) is 8.33. The lowest BCUT2D eigenvalue weighted by atomic mass is 10.00. The number of aliphatic hydroxyl groups is 1. The van der Waals surface area contributed by atoms with Crippen molar-refractivity contribution in [3.05, 3.63) is 77.9 Å². The van der Waals surface area contributed by atoms with Crippen molar-refractivity contribution in [1.29, 1.82) is 0 Å². The standard InChI is InChI=1S/C25H25N5O3/c1-30-14-18(13-27-30)20-7-6-16(12-26-20)10-17-11-22(28-21-5-3-2-4-19(17)21)25(32)29-23-15-33-9-8-24(23)31/h2-7,11-14,23-24,31H,8-10,15H2,1H3,(H,29,32). The largest absolute Gasteiger partial charge is 0.391 e. The summed E-state index contributed by atoms with van der Waals surface area (Å²) < 4.78 is 7.15. The second-order valence-corrected chi connectivity index (χ2v) is 8.33. The van der Waals surface area contributed by atoms with Crippen LogP contribution in [0.15, 0.2) is 61.1 Å². The fraction of sp³-hybridized carbons (Fsp3) is 0.280. The van der Waals surface area contributed by atoms with Gasteiger partial charge in [-0.1, -0.05) is 24.3 Å². The number of aryl methyl sites for hydroxylation is 1. The van der Waals surface area contributed by atoms with Crippen LogP contribution in [0.1, 0.15) is 28.0 Å². The molecule has 4 aromatic rings. The molecule has 0 spiro atoms. The van der Waals surface area contributed by atoms with Crippen molar-refractivity contribution < 1.29 is 14.6 Å². The van der Waals surface area contributed by atoms with Crippen LogP contribution in [0.4, 0.5) is 0 Å². The number of benzene rings is 1. The van der Waals surface area contributed by atoms with Crippen LogP contribution in [0.5, 0.6) is 0 Å². The van der Waals surface area contributed by atoms with Crippen LogP contribution in [0.25, 0.3) is 22.2 Å². The van der Waals surface area contributed by atoms with Crippen molar-refractivity contribution in [3.63, 3.8) is 0 Å². The first-order valence-corrected chi connectivity index (χ1v) is 11.0. The quantitative estimate of drug-likeness (QED) is 0.491. The maximum atomic E-state index is 12.9. The predicted molar refractivity (Wildman–Crippen MR) is 124 cm³/mol. The van der Waals surface area contributed by atoms with Gasteiger partial charge >= 0.3 is 0 Å². The normalized spacial score (nSPS) is 18.4. The molecule has 1 amide bonds. The molecule has 2 N–H and O–H groups in total. The Morgan fingerprint density at radius 3 is 2.88 bits per heavy atom. The van der Waals surface area contributed by atoms with Crippen LogP contribution in [0.3, 0.4) is 0 Å². The number of pyridine rings is 2. The minimum atomic E-state index is -0.618. The Morgan fingerprint density at radius 1 is 1.24 bits per heavy atom. The summed E-state index contributed by atoms with van der Waals surface area (Å²) in [6.07, 6.45) is 6.07. The smallest absolute Gasteiger partial charge is 0.270 e. The minimum absolute atomic E-state index is 0.294. The van der Waals surface area contributed by atoms with E-state index < -0.39 is 12.1 Å². The highest BCUT2D eigenvalue weighted by molar-refractivity contribution is 5.96. The van der Waals surface area contributed by atoms with Gasteiger partial charge < -0.3 is 15.2 Å². The van der Waals surface area contributed by atoms with E-state index in [2.05, 4.69) is 20.4 Å². The van der Waals surface area contributed by atoms with Gasteiger partial charge in [0.25, 0.3) is 5.91 Å². The number of aliphatic hydroxyl groups excluding tert-OH is 1. The maximum Gasteiger partial charge on any atom is 0.270 e. The summed E-state index contributed by atoms with van der Waals surface area (Å²) in [7, 11) is 1.88. The van der Waals surface area contributed by atoms with E-state index in [1.54, 1.807) is 10.9 Å². The molecule has 168 valence electrons. The van der Waals surface area contributed by atoms with Crippen LogP contribution in [0.2, 0.25) is 0 Å². The van der Waals surface area contributed by atoms with Gasteiger partial charge in [-0.05, 0) is 42.2 Å². The minimum Gasteiger partial charge on any atom is -0.391 e. The highest BCUT2D eigenvalue weighted by Gasteiger charge is 2.26. The number of fused-ring (bicyclic) bond motifs is 1. The van der Waals surface area contributed by atoms with Gasteiger partial charge in [0.15, 0.2) is 0 Å². The van der Waals surface area contributed by atoms with Gasteiger partial charge in [0.05, 0.1) is 36.2 Å². The second kappa shape index (κ2) is 9.09. The van der Waals surface area contributed by atoms with Crippen LogP contribution >= 0.6 is 0 Å². The average Bonchev–Trinajstić information content (AvgIpc) is 3.27. The fourth-order valence-corrected chi connectivity index (χ4v) is 4.09. The van der Waals surface area contributed by atoms with E-state index in [1.165, 1.54) is 0 Å². The fourth-order valence-electron chi connectivity index (χ4n) is 4.09. The molecular weight excluding hydrogens is 418 g/mol. The first-order valence-electron chi connectivity index (χ1n) is 11.0. The molecule has 8 nitrogen and oxygen atoms in total. The Hall–Kier alpha value is -3.62. The van der Waals surface area contributed by atoms with Gasteiger partial charge in [-0.25, -0.2) is 4.98 Å². The van der Waals surface area contributed by atoms with Crippen LogP contribution in [0, 0.1) is 0 Å². The Morgan fingerprint density at radius 2 is 2.12 bits per heavy atom. The number of amides is 1. The molecule has 4 heterocycles. The third-order valence-electron chi connectivity index (χ3n) is 5.89. The lowest BCUT2D eigenvalue weighted by Gasteiger charge is -2.28. The zero-order valence-electron chi connectivity index (χ0n) is 18.3. The zero-order valence-corrected chi connectivity index (χ0v) is 18.3. The zero-order chi connectivity index (χ0) is 22.8. The monoisotopic (exact) mass is 443 g/mol. The summed E-state index contributed by atoms with van der Waals surface area (Å²) >= 11 is 0. The van der Waals surface area contributed by atoms with Gasteiger partial charge in [-0.3, -0.25) is 14.5 Å². The maximum absolute atomic E-state index is 12.9. The summed E-state index contributed by atoms with van der Waals surface area (Å²) in [5, 5.41) is 18.2. The molecule has 1 aliphatic heterocycles. The first-order chi connectivity index (χ1) is 16.1. The number of nitrogens with one attached hydrogen (secondary N) is 1. The van der Waals surface area contributed by atoms with E-state index in [9.17, 15) is 9.90 Å². The van der Waals surface area contributed by atoms with Crippen molar-refractivity contribution >= 4 is 16.8 Å². The van der Waals surface area contributed by atoms with E-state index in [0.29, 0.717) is 31.7 Å². The van der Waals surface area contributed by atoms with Crippen molar-refractivity contribution in [2.75, 3.05) is 13.2 Å². The summed E-state index contributed by atoms with van der Waals surface area (Å²) in [6.45, 7) is 0.793. The summed E-state index contributed by atoms with van der Waals surface area (Å²) in [5.74, 6) is -0.318. The summed E-state index contributed by atoms with van der Waals surface area (Å²) in [6, 6.07) is 13.2. The number of carbonyl (C=O) groups excluding carboxylic acids is 1. The van der Waals surface area contributed by atoms with Crippen molar-refractivity contribution in [1.82, 2.24) is 25.1 Å². The van der Waals surface area contributed by atoms with E-state index in [0.717, 1.165) is 33.3 Å². The number of nitrogens with zero attached hydrogens (tertiary/aromatic N) is 4. The highest BCUT2D eigenvalue weighted by Crippen LogP contribution is 2.23. The molecule has 2 unspecified atom stereocenters. The number of carbonyl (C=O) groups is 1. The molecule has 1 saturated heterocycles. The van der Waals surface area contributed by atoms with Crippen molar-refractivity contribution in [3.8, 4) is 11.3 Å². The molecule has 8 heteroatoms. The SMILES string of the molecule is Cn1cc(-c2ccc(Cc3cc(C(=O)NC4COCCC4O)nc4ccccc34)cn2)cn1. The molecule has 0 bridgehead atoms. The Labute approximate surface area is 191 Å². The Balaban J connectivity index is 1.42. The number of para-hydroxylation sites is 1. The molecule has 5 rings (SSSR count). The molecule has 3 aromatic heterocycles. The predicted octanol–water partition coefficient (Wildman–Crippen LogP) is 2.50. The molecule has 1 fully saturated rings. The Kier molecular flexibility index (Phi) is 5.85. The molecule has 0 aliphatic carbocycles. The van der Waals surface area contributed by atoms with Crippen LogP contribution in [-0.2, 0) is 18.2 Å². The van der Waals surface area contributed by atoms with E-state index >= 15 is 0 Å². The van der Waals surface area contributed by atoms with Crippen molar-refractivity contribution in [2.24, 2.45) is 7.05 Å². The molecule has 1 aliphatic rings. The number of aromatic nitrogens is 4. The third kappa shape index (κ3) is 4.62. The average molecular weight is 444 g/mol. The molecule has 0 radical (unpaired) electrons. The van der Waals surface area contributed by atoms with Gasteiger partial charge in [0.1, 0.15) is 5.69 Å². The van der Waals surface area contributed by atoms with E-state index in [1.807, 2.05) is 61.9 Å². The molecule has 33 heavy (non-hydrogen) atoms. The lowest BCUT2D eigenvalue weighted by molar-refractivity contribution is -0.0140. The third-order valence-corrected chi connectivity index (χ3v) is 5.89. The lowest BCUT2D eigenvalue weighted by Crippen LogP contribution is -2.49. The molecule has 0 saturated carbocycles. The van der Waals surface area contributed by atoms with E-state index in [4.69, 9.17) is 4.74 Å². The summed E-state index contributed by atoms with van der Waals surface area (Å²) in [4.78, 5) is 22.1. The van der Waals surface area contributed by atoms with Gasteiger partial charge in [0.2, 0.25) is 0 Å². The van der Waals surface area contributed by atoms with Crippen LogP contribution in [-0.4, -0.2) is 56.1 Å². The number of hydrogen-bond acceptors (Lipinski definition) is 6. The highest BCUT2D eigenvalue weighted by atomic mass is 16.5. The topological polar surface area (TPSA) is 102 Å². The van der Waals surface area contributed by atoms with E-state index in [-0.39, 0.29) is 5.91 Å². The molecule has 2 atom stereocenters. The van der Waals surface area contributed by atoms with Crippen molar-refractivity contribution in [2.45, 2.75) is 25.0 Å². The molecular formula is C25H25N5O3. The van der Waals surface area contributed by atoms with Crippen LogP contribution < -0.4 is 5.32 Å². The van der Waals surface area contributed by atoms with Gasteiger partial charge in [-0.2, -0.15) is 5.10 Å². The number of rotatable bonds is 5. The Bertz CT molecular complexity index is 1280. The van der Waals surface area contributed by atoms with Gasteiger partial charge in [0, 0.05) is 37.0 Å². The first kappa shape index (κ1) is 21.2.